The van der Waals surface area contributed by atoms with E-state index in [0.717, 1.165) is 17.3 Å². The van der Waals surface area contributed by atoms with Crippen molar-refractivity contribution in [1.29, 1.82) is 0 Å². The van der Waals surface area contributed by atoms with Gasteiger partial charge in [0.25, 0.3) is 0 Å². The average Bonchev–Trinajstić information content (AvgIpc) is 2.69. The Kier molecular flexibility index (Phi) is 2.89. The van der Waals surface area contributed by atoms with Gasteiger partial charge in [0.1, 0.15) is 0 Å². The van der Waals surface area contributed by atoms with E-state index in [2.05, 4.69) is 25.6 Å². The minimum absolute atomic E-state index is 0.437. The molecule has 0 unspecified atom stereocenters. The van der Waals surface area contributed by atoms with E-state index in [1.165, 1.54) is 25.7 Å². The number of rotatable bonds is 1. The second-order valence-electron chi connectivity index (χ2n) is 5.18. The lowest BCUT2D eigenvalue weighted by Gasteiger charge is -2.22. The smallest absolute Gasteiger partial charge is 0.229 e. The molecule has 1 aromatic heterocycles. The Morgan fingerprint density at radius 2 is 1.89 bits per heavy atom. The topological polar surface area (TPSA) is 62.2 Å². The third-order valence-corrected chi connectivity index (χ3v) is 3.56. The van der Waals surface area contributed by atoms with Crippen molar-refractivity contribution in [2.24, 2.45) is 4.99 Å². The molecule has 0 aromatic carbocycles. The monoisotopic (exact) mass is 245 g/mol. The number of aryl methyl sites for hydroxylation is 2. The summed E-state index contributed by atoms with van der Waals surface area (Å²) in [5.41, 5.74) is 1.95. The van der Waals surface area contributed by atoms with Crippen LogP contribution in [0.3, 0.4) is 0 Å². The first-order valence-electron chi connectivity index (χ1n) is 6.64. The van der Waals surface area contributed by atoms with E-state index in [0.29, 0.717) is 18.0 Å². The van der Waals surface area contributed by atoms with Gasteiger partial charge in [-0.1, -0.05) is 12.8 Å². The second-order valence-corrected chi connectivity index (χ2v) is 5.18. The van der Waals surface area contributed by atoms with Gasteiger partial charge in [-0.05, 0) is 32.8 Å². The Morgan fingerprint density at radius 3 is 2.61 bits per heavy atom. The Hall–Kier alpha value is -1.65. The van der Waals surface area contributed by atoms with Crippen LogP contribution in [0.2, 0.25) is 0 Å². The van der Waals surface area contributed by atoms with E-state index in [4.69, 9.17) is 0 Å². The number of nitrogens with one attached hydrogen (secondary N) is 2. The molecule has 0 amide bonds. The van der Waals surface area contributed by atoms with E-state index in [-0.39, 0.29) is 0 Å². The summed E-state index contributed by atoms with van der Waals surface area (Å²) in [6.07, 6.45) is 5.00. The molecule has 96 valence electrons. The van der Waals surface area contributed by atoms with Crippen molar-refractivity contribution in [1.82, 2.24) is 15.3 Å². The number of anilines is 1. The molecule has 5 nitrogen and oxygen atoms in total. The van der Waals surface area contributed by atoms with Gasteiger partial charge in [0.15, 0.2) is 5.96 Å². The van der Waals surface area contributed by atoms with Crippen LogP contribution in [0.15, 0.2) is 11.1 Å². The number of fused-ring (bicyclic) bond motifs is 1. The van der Waals surface area contributed by atoms with Crippen LogP contribution in [0, 0.1) is 13.8 Å². The van der Waals surface area contributed by atoms with Crippen LogP contribution in [-0.4, -0.2) is 28.0 Å². The molecule has 0 bridgehead atoms. The van der Waals surface area contributed by atoms with Crippen molar-refractivity contribution in [3.05, 3.63) is 17.5 Å². The molecule has 1 aliphatic heterocycles. The molecule has 2 aliphatic rings. The molecule has 1 aromatic rings. The van der Waals surface area contributed by atoms with E-state index in [1.807, 2.05) is 19.9 Å². The Bertz CT molecular complexity index is 462. The number of aromatic nitrogens is 2. The summed E-state index contributed by atoms with van der Waals surface area (Å²) >= 11 is 0. The van der Waals surface area contributed by atoms with Gasteiger partial charge < -0.3 is 5.32 Å². The third kappa shape index (κ3) is 2.30. The largest absolute Gasteiger partial charge is 0.351 e. The van der Waals surface area contributed by atoms with Gasteiger partial charge in [0.05, 0.1) is 12.1 Å². The Labute approximate surface area is 107 Å². The minimum Gasteiger partial charge on any atom is -0.351 e. The van der Waals surface area contributed by atoms with Gasteiger partial charge in [0, 0.05) is 11.4 Å². The zero-order valence-corrected chi connectivity index (χ0v) is 10.9. The first-order valence-corrected chi connectivity index (χ1v) is 6.64. The van der Waals surface area contributed by atoms with E-state index < -0.39 is 0 Å². The van der Waals surface area contributed by atoms with Gasteiger partial charge in [-0.2, -0.15) is 0 Å². The van der Waals surface area contributed by atoms with E-state index >= 15 is 0 Å². The normalized spacial score (nSPS) is 26.2. The van der Waals surface area contributed by atoms with Crippen LogP contribution in [0.4, 0.5) is 5.95 Å². The SMILES string of the molecule is Cc1cc(C)nc(NC2=N[C@H]3CCCC[C@@H]3N2)n1. The summed E-state index contributed by atoms with van der Waals surface area (Å²) < 4.78 is 0. The van der Waals surface area contributed by atoms with Crippen molar-refractivity contribution < 1.29 is 0 Å². The maximum absolute atomic E-state index is 4.68. The number of hydrogen-bond donors (Lipinski definition) is 2. The fourth-order valence-electron chi connectivity index (χ4n) is 2.77. The van der Waals surface area contributed by atoms with E-state index in [1.54, 1.807) is 0 Å². The molecule has 2 N–H and O–H groups in total. The lowest BCUT2D eigenvalue weighted by molar-refractivity contribution is 0.384. The minimum atomic E-state index is 0.437. The summed E-state index contributed by atoms with van der Waals surface area (Å²) in [5.74, 6) is 1.47. The molecule has 0 saturated heterocycles. The Balaban J connectivity index is 1.73. The average molecular weight is 245 g/mol. The highest BCUT2D eigenvalue weighted by Crippen LogP contribution is 2.24. The van der Waals surface area contributed by atoms with Crippen LogP contribution >= 0.6 is 0 Å². The molecule has 1 aliphatic carbocycles. The zero-order chi connectivity index (χ0) is 12.5. The van der Waals surface area contributed by atoms with Crippen molar-refractivity contribution in [2.75, 3.05) is 5.32 Å². The highest BCUT2D eigenvalue weighted by Gasteiger charge is 2.30. The van der Waals surface area contributed by atoms with Gasteiger partial charge in [-0.3, -0.25) is 5.32 Å². The predicted octanol–water partition coefficient (Wildman–Crippen LogP) is 1.78. The van der Waals surface area contributed by atoms with Gasteiger partial charge in [-0.25, -0.2) is 15.0 Å². The Morgan fingerprint density at radius 1 is 1.17 bits per heavy atom. The van der Waals surface area contributed by atoms with Crippen LogP contribution in [-0.2, 0) is 0 Å². The molecule has 18 heavy (non-hydrogen) atoms. The molecule has 0 spiro atoms. The third-order valence-electron chi connectivity index (χ3n) is 3.56. The van der Waals surface area contributed by atoms with Crippen LogP contribution in [0.1, 0.15) is 37.1 Å². The van der Waals surface area contributed by atoms with Gasteiger partial charge in [0.2, 0.25) is 5.95 Å². The van der Waals surface area contributed by atoms with E-state index in [9.17, 15) is 0 Å². The van der Waals surface area contributed by atoms with Crippen molar-refractivity contribution >= 4 is 11.9 Å². The molecule has 0 radical (unpaired) electrons. The standard InChI is InChI=1S/C13H19N5/c1-8-7-9(2)15-12(14-8)18-13-16-10-5-3-4-6-11(10)17-13/h7,10-11H,3-6H2,1-2H3,(H2,14,15,16,17,18)/t10-,11-/m0/s1. The van der Waals surface area contributed by atoms with Gasteiger partial charge in [-0.15, -0.1) is 0 Å². The zero-order valence-electron chi connectivity index (χ0n) is 10.9. The first-order chi connectivity index (χ1) is 8.70. The highest BCUT2D eigenvalue weighted by atomic mass is 15.3. The predicted molar refractivity (Wildman–Crippen MR) is 71.7 cm³/mol. The maximum atomic E-state index is 4.68. The van der Waals surface area contributed by atoms with Crippen LogP contribution in [0.25, 0.3) is 0 Å². The lowest BCUT2D eigenvalue weighted by Crippen LogP contribution is -2.39. The first kappa shape index (κ1) is 11.4. The van der Waals surface area contributed by atoms with Crippen molar-refractivity contribution in [3.63, 3.8) is 0 Å². The lowest BCUT2D eigenvalue weighted by atomic mass is 9.92. The molecule has 2 atom stereocenters. The van der Waals surface area contributed by atoms with Gasteiger partial charge >= 0.3 is 0 Å². The second kappa shape index (κ2) is 4.55. The quantitative estimate of drug-likeness (QED) is 0.791. The summed E-state index contributed by atoms with van der Waals surface area (Å²) in [7, 11) is 0. The fourth-order valence-corrected chi connectivity index (χ4v) is 2.77. The number of nitrogens with zero attached hydrogens (tertiary/aromatic N) is 3. The van der Waals surface area contributed by atoms with Crippen LogP contribution < -0.4 is 10.6 Å². The molecular weight excluding hydrogens is 226 g/mol. The number of aliphatic imine (C=N–C) groups is 1. The summed E-state index contributed by atoms with van der Waals surface area (Å²) in [4.78, 5) is 13.4. The van der Waals surface area contributed by atoms with Crippen molar-refractivity contribution in [3.8, 4) is 0 Å². The highest BCUT2D eigenvalue weighted by molar-refractivity contribution is 5.93. The molecule has 2 heterocycles. The molecular formula is C13H19N5. The fraction of sp³-hybridized carbons (Fsp3) is 0.615. The summed E-state index contributed by atoms with van der Waals surface area (Å²) in [6.45, 7) is 3.95. The summed E-state index contributed by atoms with van der Waals surface area (Å²) in [5, 5.41) is 6.63. The molecule has 1 fully saturated rings. The molecule has 5 heteroatoms. The number of hydrogen-bond acceptors (Lipinski definition) is 5. The molecule has 1 saturated carbocycles. The maximum Gasteiger partial charge on any atom is 0.229 e. The van der Waals surface area contributed by atoms with Crippen molar-refractivity contribution in [2.45, 2.75) is 51.6 Å². The molecule has 3 rings (SSSR count). The number of guanidine groups is 1. The van der Waals surface area contributed by atoms with Crippen LogP contribution in [0.5, 0.6) is 0 Å². The summed E-state index contributed by atoms with van der Waals surface area (Å²) in [6, 6.07) is 2.91.